The van der Waals surface area contributed by atoms with Crippen LogP contribution in [0, 0.1) is 10.1 Å². The smallest absolute Gasteiger partial charge is 0.331 e. The number of anilines is 1. The number of aryl methyl sites for hydroxylation is 1. The molecule has 6 heteroatoms. The van der Waals surface area contributed by atoms with Gasteiger partial charge in [-0.3, -0.25) is 10.1 Å². The van der Waals surface area contributed by atoms with E-state index in [1.807, 2.05) is 30.3 Å². The standard InChI is InChI=1S/C14H15N3O3/c15-13-9-8-12(17(18)19)14(16-13)20-10-4-7-11-5-2-1-3-6-11/h1-3,5-6,8-9H,4,7,10H2,(H2,15,16). The molecule has 0 aliphatic rings. The van der Waals surface area contributed by atoms with Gasteiger partial charge in [-0.25, -0.2) is 0 Å². The molecule has 1 aromatic carbocycles. The van der Waals surface area contributed by atoms with E-state index in [4.69, 9.17) is 10.5 Å². The van der Waals surface area contributed by atoms with E-state index >= 15 is 0 Å². The first-order chi connectivity index (χ1) is 9.66. The van der Waals surface area contributed by atoms with Crippen molar-refractivity contribution in [3.8, 4) is 5.88 Å². The molecule has 0 fully saturated rings. The summed E-state index contributed by atoms with van der Waals surface area (Å²) < 4.78 is 5.37. The largest absolute Gasteiger partial charge is 0.473 e. The highest BCUT2D eigenvalue weighted by atomic mass is 16.6. The molecule has 1 heterocycles. The minimum atomic E-state index is -0.529. The second-order valence-electron chi connectivity index (χ2n) is 4.26. The Kier molecular flexibility index (Phi) is 4.49. The Bertz CT molecular complexity index is 587. The van der Waals surface area contributed by atoms with Crippen LogP contribution in [0.2, 0.25) is 0 Å². The Morgan fingerprint density at radius 3 is 2.65 bits per heavy atom. The second-order valence-corrected chi connectivity index (χ2v) is 4.26. The lowest BCUT2D eigenvalue weighted by Crippen LogP contribution is -2.05. The highest BCUT2D eigenvalue weighted by Crippen LogP contribution is 2.25. The summed E-state index contributed by atoms with van der Waals surface area (Å²) in [5.41, 5.74) is 6.54. The molecule has 2 aromatic rings. The highest BCUT2D eigenvalue weighted by Gasteiger charge is 2.16. The molecule has 0 saturated heterocycles. The van der Waals surface area contributed by atoms with Gasteiger partial charge in [-0.1, -0.05) is 30.3 Å². The molecule has 104 valence electrons. The monoisotopic (exact) mass is 273 g/mol. The fraction of sp³-hybridized carbons (Fsp3) is 0.214. The van der Waals surface area contributed by atoms with Gasteiger partial charge in [0.15, 0.2) is 0 Å². The lowest BCUT2D eigenvalue weighted by molar-refractivity contribution is -0.386. The number of aromatic nitrogens is 1. The van der Waals surface area contributed by atoms with Crippen molar-refractivity contribution in [1.82, 2.24) is 4.98 Å². The predicted octanol–water partition coefficient (Wildman–Crippen LogP) is 2.58. The molecule has 20 heavy (non-hydrogen) atoms. The fourth-order valence-electron chi connectivity index (χ4n) is 1.78. The van der Waals surface area contributed by atoms with E-state index < -0.39 is 4.92 Å². The molecular formula is C14H15N3O3. The number of nitro groups is 1. The lowest BCUT2D eigenvalue weighted by Gasteiger charge is -2.06. The molecule has 0 unspecified atom stereocenters. The van der Waals surface area contributed by atoms with E-state index in [9.17, 15) is 10.1 Å². The number of hydrogen-bond donors (Lipinski definition) is 1. The molecule has 0 aliphatic carbocycles. The Morgan fingerprint density at radius 2 is 1.95 bits per heavy atom. The molecule has 0 spiro atoms. The molecule has 0 bridgehead atoms. The summed E-state index contributed by atoms with van der Waals surface area (Å²) in [6.45, 7) is 0.353. The van der Waals surface area contributed by atoms with Gasteiger partial charge < -0.3 is 10.5 Å². The minimum absolute atomic E-state index is 0.0249. The van der Waals surface area contributed by atoms with Crippen molar-refractivity contribution >= 4 is 11.5 Å². The quantitative estimate of drug-likeness (QED) is 0.496. The SMILES string of the molecule is Nc1ccc([N+](=O)[O-])c(OCCCc2ccccc2)n1. The molecular weight excluding hydrogens is 258 g/mol. The summed E-state index contributed by atoms with van der Waals surface area (Å²) in [7, 11) is 0. The summed E-state index contributed by atoms with van der Waals surface area (Å²) in [5, 5.41) is 10.8. The van der Waals surface area contributed by atoms with Gasteiger partial charge in [-0.15, -0.1) is 0 Å². The minimum Gasteiger partial charge on any atom is -0.473 e. The van der Waals surface area contributed by atoms with Crippen LogP contribution in [0.15, 0.2) is 42.5 Å². The van der Waals surface area contributed by atoms with Crippen LogP contribution >= 0.6 is 0 Å². The fourth-order valence-corrected chi connectivity index (χ4v) is 1.78. The Labute approximate surface area is 116 Å². The van der Waals surface area contributed by atoms with Crippen LogP contribution in [-0.2, 0) is 6.42 Å². The predicted molar refractivity (Wildman–Crippen MR) is 75.6 cm³/mol. The molecule has 0 saturated carbocycles. The van der Waals surface area contributed by atoms with Crippen molar-refractivity contribution < 1.29 is 9.66 Å². The van der Waals surface area contributed by atoms with Crippen molar-refractivity contribution in [2.75, 3.05) is 12.3 Å². The molecule has 1 aromatic heterocycles. The number of ether oxygens (including phenoxy) is 1. The van der Waals surface area contributed by atoms with E-state index in [0.717, 1.165) is 12.8 Å². The first-order valence-corrected chi connectivity index (χ1v) is 6.24. The molecule has 0 radical (unpaired) electrons. The van der Waals surface area contributed by atoms with E-state index in [-0.39, 0.29) is 17.4 Å². The number of hydrogen-bond acceptors (Lipinski definition) is 5. The van der Waals surface area contributed by atoms with Gasteiger partial charge >= 0.3 is 5.69 Å². The Balaban J connectivity index is 1.91. The van der Waals surface area contributed by atoms with Crippen LogP contribution in [0.5, 0.6) is 5.88 Å². The van der Waals surface area contributed by atoms with E-state index in [1.165, 1.54) is 17.7 Å². The van der Waals surface area contributed by atoms with Crippen molar-refractivity contribution in [2.45, 2.75) is 12.8 Å². The maximum absolute atomic E-state index is 10.8. The second kappa shape index (κ2) is 6.51. The summed E-state index contributed by atoms with van der Waals surface area (Å²) in [6.07, 6.45) is 1.59. The average Bonchev–Trinajstić information content (AvgIpc) is 2.44. The molecule has 0 atom stereocenters. The molecule has 0 amide bonds. The molecule has 6 nitrogen and oxygen atoms in total. The van der Waals surface area contributed by atoms with Crippen LogP contribution in [0.25, 0.3) is 0 Å². The Morgan fingerprint density at radius 1 is 1.20 bits per heavy atom. The summed E-state index contributed by atoms with van der Waals surface area (Å²) in [6, 6.07) is 12.6. The molecule has 0 aliphatic heterocycles. The van der Waals surface area contributed by atoms with E-state index in [0.29, 0.717) is 6.61 Å². The number of nitrogens with zero attached hydrogens (tertiary/aromatic N) is 2. The van der Waals surface area contributed by atoms with Crippen molar-refractivity contribution in [3.05, 3.63) is 58.1 Å². The van der Waals surface area contributed by atoms with Crippen LogP contribution in [0.4, 0.5) is 11.5 Å². The third-order valence-electron chi connectivity index (χ3n) is 2.75. The maximum Gasteiger partial charge on any atom is 0.331 e. The van der Waals surface area contributed by atoms with Gasteiger partial charge in [0.2, 0.25) is 0 Å². The molecule has 2 rings (SSSR count). The average molecular weight is 273 g/mol. The number of pyridine rings is 1. The molecule has 2 N–H and O–H groups in total. The van der Waals surface area contributed by atoms with Gasteiger partial charge in [-0.05, 0) is 24.5 Å². The van der Waals surface area contributed by atoms with Gasteiger partial charge in [0.25, 0.3) is 5.88 Å². The summed E-state index contributed by atoms with van der Waals surface area (Å²) in [4.78, 5) is 14.2. The van der Waals surface area contributed by atoms with Crippen LogP contribution in [-0.4, -0.2) is 16.5 Å². The first-order valence-electron chi connectivity index (χ1n) is 6.24. The number of benzene rings is 1. The summed E-state index contributed by atoms with van der Waals surface area (Å²) in [5.74, 6) is 0.178. The van der Waals surface area contributed by atoms with E-state index in [1.54, 1.807) is 0 Å². The zero-order valence-corrected chi connectivity index (χ0v) is 10.9. The van der Waals surface area contributed by atoms with Gasteiger partial charge in [-0.2, -0.15) is 4.98 Å². The summed E-state index contributed by atoms with van der Waals surface area (Å²) >= 11 is 0. The maximum atomic E-state index is 10.8. The van der Waals surface area contributed by atoms with Gasteiger partial charge in [0.1, 0.15) is 5.82 Å². The highest BCUT2D eigenvalue weighted by molar-refractivity contribution is 5.46. The Hall–Kier alpha value is -2.63. The van der Waals surface area contributed by atoms with Gasteiger partial charge in [0.05, 0.1) is 11.5 Å². The third kappa shape index (κ3) is 3.68. The normalized spacial score (nSPS) is 10.2. The zero-order chi connectivity index (χ0) is 14.4. The third-order valence-corrected chi connectivity index (χ3v) is 2.75. The number of nitrogens with two attached hydrogens (primary N) is 1. The van der Waals surface area contributed by atoms with E-state index in [2.05, 4.69) is 4.98 Å². The topological polar surface area (TPSA) is 91.3 Å². The van der Waals surface area contributed by atoms with Crippen molar-refractivity contribution in [3.63, 3.8) is 0 Å². The van der Waals surface area contributed by atoms with Crippen LogP contribution in [0.3, 0.4) is 0 Å². The van der Waals surface area contributed by atoms with Crippen molar-refractivity contribution in [1.29, 1.82) is 0 Å². The van der Waals surface area contributed by atoms with Crippen LogP contribution in [0.1, 0.15) is 12.0 Å². The lowest BCUT2D eigenvalue weighted by atomic mass is 10.1. The van der Waals surface area contributed by atoms with Crippen molar-refractivity contribution in [2.24, 2.45) is 0 Å². The zero-order valence-electron chi connectivity index (χ0n) is 10.9. The van der Waals surface area contributed by atoms with Crippen LogP contribution < -0.4 is 10.5 Å². The number of nitrogen functional groups attached to an aromatic ring is 1. The first kappa shape index (κ1) is 13.8. The van der Waals surface area contributed by atoms with Gasteiger partial charge in [0, 0.05) is 6.07 Å². The number of rotatable bonds is 6.